The second-order valence-electron chi connectivity index (χ2n) is 4.88. The van der Waals surface area contributed by atoms with Crippen molar-refractivity contribution < 1.29 is 9.53 Å². The zero-order valence-electron chi connectivity index (χ0n) is 12.2. The summed E-state index contributed by atoms with van der Waals surface area (Å²) in [6.45, 7) is 4.21. The number of hydrogen-bond donors (Lipinski definition) is 1. The fourth-order valence-corrected chi connectivity index (χ4v) is 2.20. The molecule has 0 spiro atoms. The van der Waals surface area contributed by atoms with Gasteiger partial charge in [0.2, 0.25) is 0 Å². The largest absolute Gasteiger partial charge is 0.445 e. The van der Waals surface area contributed by atoms with Crippen LogP contribution in [0.3, 0.4) is 0 Å². The van der Waals surface area contributed by atoms with Crippen LogP contribution in [0.1, 0.15) is 45.1 Å². The summed E-state index contributed by atoms with van der Waals surface area (Å²) in [4.78, 5) is 11.9. The lowest BCUT2D eigenvalue weighted by Gasteiger charge is -2.26. The van der Waals surface area contributed by atoms with Crippen LogP contribution in [0.15, 0.2) is 30.3 Å². The van der Waals surface area contributed by atoms with E-state index in [2.05, 4.69) is 11.4 Å². The van der Waals surface area contributed by atoms with Crippen molar-refractivity contribution in [3.05, 3.63) is 35.9 Å². The predicted molar refractivity (Wildman–Crippen MR) is 77.9 cm³/mol. The maximum absolute atomic E-state index is 11.9. The molecule has 0 unspecified atom stereocenters. The average Bonchev–Trinajstić information content (AvgIpc) is 2.46. The van der Waals surface area contributed by atoms with Gasteiger partial charge >= 0.3 is 6.09 Å². The Bertz CT molecular complexity index is 445. The number of hydrogen-bond acceptors (Lipinski definition) is 3. The standard InChI is InChI=1S/C16H22N2O2/c1-3-10-16(13-17,11-4-2)18-15(19)20-12-14-8-6-5-7-9-14/h5-9H,3-4,10-12H2,1-2H3,(H,18,19). The van der Waals surface area contributed by atoms with E-state index in [0.717, 1.165) is 18.4 Å². The van der Waals surface area contributed by atoms with Crippen molar-refractivity contribution in [2.24, 2.45) is 0 Å². The van der Waals surface area contributed by atoms with Crippen molar-refractivity contribution in [2.45, 2.75) is 51.7 Å². The highest BCUT2D eigenvalue weighted by Gasteiger charge is 2.30. The SMILES string of the molecule is CCCC(C#N)(CCC)NC(=O)OCc1ccccc1. The minimum absolute atomic E-state index is 0.215. The van der Waals surface area contributed by atoms with E-state index < -0.39 is 11.6 Å². The van der Waals surface area contributed by atoms with Crippen LogP contribution >= 0.6 is 0 Å². The maximum atomic E-state index is 11.9. The van der Waals surface area contributed by atoms with E-state index in [0.29, 0.717) is 12.8 Å². The molecule has 0 saturated heterocycles. The van der Waals surface area contributed by atoms with E-state index in [1.54, 1.807) is 0 Å². The third-order valence-corrected chi connectivity index (χ3v) is 3.12. The number of nitrogens with zero attached hydrogens (tertiary/aromatic N) is 1. The molecule has 0 heterocycles. The van der Waals surface area contributed by atoms with Crippen molar-refractivity contribution in [2.75, 3.05) is 0 Å². The number of alkyl carbamates (subject to hydrolysis) is 1. The molecule has 0 aliphatic heterocycles. The third kappa shape index (κ3) is 4.93. The lowest BCUT2D eigenvalue weighted by Crippen LogP contribution is -2.47. The molecule has 1 aromatic carbocycles. The Morgan fingerprint density at radius 1 is 1.25 bits per heavy atom. The van der Waals surface area contributed by atoms with Crippen LogP contribution in [-0.2, 0) is 11.3 Å². The lowest BCUT2D eigenvalue weighted by atomic mass is 9.90. The van der Waals surface area contributed by atoms with Gasteiger partial charge in [-0.3, -0.25) is 0 Å². The summed E-state index contributed by atoms with van der Waals surface area (Å²) in [5.74, 6) is 0. The molecule has 1 aromatic rings. The summed E-state index contributed by atoms with van der Waals surface area (Å²) in [6, 6.07) is 11.7. The molecule has 0 radical (unpaired) electrons. The van der Waals surface area contributed by atoms with Crippen LogP contribution in [0, 0.1) is 11.3 Å². The van der Waals surface area contributed by atoms with Gasteiger partial charge in [0.15, 0.2) is 0 Å². The Morgan fingerprint density at radius 3 is 2.35 bits per heavy atom. The minimum Gasteiger partial charge on any atom is -0.445 e. The van der Waals surface area contributed by atoms with Gasteiger partial charge in [0.1, 0.15) is 12.1 Å². The molecule has 0 aromatic heterocycles. The molecular weight excluding hydrogens is 252 g/mol. The Hall–Kier alpha value is -2.02. The van der Waals surface area contributed by atoms with Crippen LogP contribution in [-0.4, -0.2) is 11.6 Å². The van der Waals surface area contributed by atoms with Gasteiger partial charge in [0.25, 0.3) is 0 Å². The normalized spacial score (nSPS) is 10.7. The number of nitrogens with one attached hydrogen (secondary N) is 1. The minimum atomic E-state index is -0.808. The number of nitriles is 1. The second-order valence-corrected chi connectivity index (χ2v) is 4.88. The first-order chi connectivity index (χ1) is 9.65. The summed E-state index contributed by atoms with van der Waals surface area (Å²) in [6.07, 6.45) is 2.42. The first kappa shape index (κ1) is 16.0. The molecular formula is C16H22N2O2. The highest BCUT2D eigenvalue weighted by atomic mass is 16.5. The molecule has 0 fully saturated rings. The first-order valence-corrected chi connectivity index (χ1v) is 7.06. The van der Waals surface area contributed by atoms with Crippen molar-refractivity contribution in [3.8, 4) is 6.07 Å². The molecule has 0 aliphatic carbocycles. The van der Waals surface area contributed by atoms with Crippen molar-refractivity contribution in [1.82, 2.24) is 5.32 Å². The molecule has 108 valence electrons. The third-order valence-electron chi connectivity index (χ3n) is 3.12. The van der Waals surface area contributed by atoms with Gasteiger partial charge in [-0.25, -0.2) is 4.79 Å². The quantitative estimate of drug-likeness (QED) is 0.823. The fraction of sp³-hybridized carbons (Fsp3) is 0.500. The summed E-state index contributed by atoms with van der Waals surface area (Å²) in [5, 5.41) is 12.1. The number of amides is 1. The highest BCUT2D eigenvalue weighted by molar-refractivity contribution is 5.69. The Labute approximate surface area is 120 Å². The average molecular weight is 274 g/mol. The summed E-state index contributed by atoms with van der Waals surface area (Å²) in [5.41, 5.74) is 0.119. The fourth-order valence-electron chi connectivity index (χ4n) is 2.20. The van der Waals surface area contributed by atoms with E-state index in [4.69, 9.17) is 4.74 Å². The van der Waals surface area contributed by atoms with Gasteiger partial charge in [0, 0.05) is 0 Å². The monoisotopic (exact) mass is 274 g/mol. The lowest BCUT2D eigenvalue weighted by molar-refractivity contribution is 0.129. The van der Waals surface area contributed by atoms with E-state index in [-0.39, 0.29) is 6.61 Å². The van der Waals surface area contributed by atoms with Crippen LogP contribution < -0.4 is 5.32 Å². The summed E-state index contributed by atoms with van der Waals surface area (Å²) < 4.78 is 5.18. The second kappa shape index (κ2) is 8.21. The van der Waals surface area contributed by atoms with Crippen molar-refractivity contribution in [3.63, 3.8) is 0 Å². The van der Waals surface area contributed by atoms with Crippen LogP contribution in [0.25, 0.3) is 0 Å². The number of benzene rings is 1. The van der Waals surface area contributed by atoms with Crippen LogP contribution in [0.4, 0.5) is 4.79 Å². The summed E-state index contributed by atoms with van der Waals surface area (Å²) >= 11 is 0. The molecule has 4 heteroatoms. The Balaban J connectivity index is 2.56. The Morgan fingerprint density at radius 2 is 1.85 bits per heavy atom. The molecule has 0 saturated carbocycles. The van der Waals surface area contributed by atoms with Gasteiger partial charge < -0.3 is 10.1 Å². The Kier molecular flexibility index (Phi) is 6.58. The molecule has 0 bridgehead atoms. The molecule has 4 nitrogen and oxygen atoms in total. The molecule has 1 rings (SSSR count). The molecule has 1 N–H and O–H groups in total. The number of ether oxygens (including phenoxy) is 1. The molecule has 20 heavy (non-hydrogen) atoms. The zero-order chi connectivity index (χ0) is 14.8. The van der Waals surface area contributed by atoms with Crippen molar-refractivity contribution >= 4 is 6.09 Å². The molecule has 1 amide bonds. The zero-order valence-corrected chi connectivity index (χ0v) is 12.2. The predicted octanol–water partition coefficient (Wildman–Crippen LogP) is 3.78. The van der Waals surface area contributed by atoms with Gasteiger partial charge in [-0.1, -0.05) is 57.0 Å². The van der Waals surface area contributed by atoms with Crippen molar-refractivity contribution in [1.29, 1.82) is 5.26 Å². The number of rotatable bonds is 7. The number of carbonyl (C=O) groups is 1. The molecule has 0 atom stereocenters. The van der Waals surface area contributed by atoms with Gasteiger partial charge in [0.05, 0.1) is 6.07 Å². The summed E-state index contributed by atoms with van der Waals surface area (Å²) in [7, 11) is 0. The van der Waals surface area contributed by atoms with Gasteiger partial charge in [-0.15, -0.1) is 0 Å². The first-order valence-electron chi connectivity index (χ1n) is 7.06. The topological polar surface area (TPSA) is 62.1 Å². The van der Waals surface area contributed by atoms with E-state index >= 15 is 0 Å². The van der Waals surface area contributed by atoms with E-state index in [1.165, 1.54) is 0 Å². The maximum Gasteiger partial charge on any atom is 0.408 e. The van der Waals surface area contributed by atoms with Gasteiger partial charge in [-0.05, 0) is 18.4 Å². The van der Waals surface area contributed by atoms with Crippen LogP contribution in [0.5, 0.6) is 0 Å². The molecule has 0 aliphatic rings. The van der Waals surface area contributed by atoms with E-state index in [9.17, 15) is 10.1 Å². The van der Waals surface area contributed by atoms with Crippen LogP contribution in [0.2, 0.25) is 0 Å². The number of carbonyl (C=O) groups excluding carboxylic acids is 1. The van der Waals surface area contributed by atoms with Gasteiger partial charge in [-0.2, -0.15) is 5.26 Å². The highest BCUT2D eigenvalue weighted by Crippen LogP contribution is 2.19. The van der Waals surface area contributed by atoms with E-state index in [1.807, 2.05) is 44.2 Å². The smallest absolute Gasteiger partial charge is 0.408 e.